The van der Waals surface area contributed by atoms with Gasteiger partial charge in [-0.2, -0.15) is 0 Å². The number of amides is 1. The van der Waals surface area contributed by atoms with Gasteiger partial charge in [0.25, 0.3) is 0 Å². The van der Waals surface area contributed by atoms with Crippen LogP contribution in [0.2, 0.25) is 0 Å². The molecule has 3 rings (SSSR count). The van der Waals surface area contributed by atoms with E-state index in [1.807, 2.05) is 30.3 Å². The molecule has 116 valence electrons. The number of ether oxygens (including phenoxy) is 2. The van der Waals surface area contributed by atoms with Crippen molar-refractivity contribution in [3.8, 4) is 5.75 Å². The van der Waals surface area contributed by atoms with Gasteiger partial charge in [0.15, 0.2) is 0 Å². The summed E-state index contributed by atoms with van der Waals surface area (Å²) in [6, 6.07) is 12.0. The second-order valence-corrected chi connectivity index (χ2v) is 5.33. The standard InChI is InChI=1S/C17H19NO4/c1-21-15-5-4-12-8-14(3-2-13(12)9-15)16-10-18(6-7-22-16)17(20)11-19/h2-5,8-9,16,19H,6-7,10-11H2,1H3/t16-/m1/s1. The van der Waals surface area contributed by atoms with Crippen LogP contribution in [-0.4, -0.2) is 49.3 Å². The number of hydrogen-bond donors (Lipinski definition) is 1. The number of carbonyl (C=O) groups is 1. The van der Waals surface area contributed by atoms with E-state index in [2.05, 4.69) is 6.07 Å². The van der Waals surface area contributed by atoms with E-state index in [4.69, 9.17) is 14.6 Å². The normalized spacial score (nSPS) is 18.5. The Labute approximate surface area is 129 Å². The number of aliphatic hydroxyl groups is 1. The van der Waals surface area contributed by atoms with Crippen LogP contribution in [0.3, 0.4) is 0 Å². The number of methoxy groups -OCH3 is 1. The largest absolute Gasteiger partial charge is 0.497 e. The fraction of sp³-hybridized carbons (Fsp3) is 0.353. The van der Waals surface area contributed by atoms with Crippen molar-refractivity contribution >= 4 is 16.7 Å². The smallest absolute Gasteiger partial charge is 0.248 e. The Morgan fingerprint density at radius 2 is 2.09 bits per heavy atom. The van der Waals surface area contributed by atoms with E-state index in [0.29, 0.717) is 19.7 Å². The summed E-state index contributed by atoms with van der Waals surface area (Å²) < 4.78 is 11.0. The zero-order chi connectivity index (χ0) is 15.5. The van der Waals surface area contributed by atoms with Gasteiger partial charge in [0, 0.05) is 6.54 Å². The molecule has 5 heteroatoms. The minimum atomic E-state index is -0.454. The third kappa shape index (κ3) is 2.91. The highest BCUT2D eigenvalue weighted by Crippen LogP contribution is 2.27. The first-order valence-corrected chi connectivity index (χ1v) is 7.29. The Bertz CT molecular complexity index is 685. The van der Waals surface area contributed by atoms with Gasteiger partial charge in [-0.05, 0) is 34.5 Å². The van der Waals surface area contributed by atoms with Gasteiger partial charge in [-0.3, -0.25) is 4.79 Å². The highest BCUT2D eigenvalue weighted by atomic mass is 16.5. The van der Waals surface area contributed by atoms with Gasteiger partial charge in [0.1, 0.15) is 18.5 Å². The van der Waals surface area contributed by atoms with E-state index in [9.17, 15) is 4.79 Å². The highest BCUT2D eigenvalue weighted by molar-refractivity contribution is 5.84. The fourth-order valence-corrected chi connectivity index (χ4v) is 2.75. The molecular formula is C17H19NO4. The first kappa shape index (κ1) is 14.8. The number of benzene rings is 2. The third-order valence-corrected chi connectivity index (χ3v) is 4.00. The Morgan fingerprint density at radius 1 is 1.32 bits per heavy atom. The number of aliphatic hydroxyl groups excluding tert-OH is 1. The Balaban J connectivity index is 1.85. The number of fused-ring (bicyclic) bond motifs is 1. The number of morpholine rings is 1. The third-order valence-electron chi connectivity index (χ3n) is 4.00. The summed E-state index contributed by atoms with van der Waals surface area (Å²) >= 11 is 0. The predicted octanol–water partition coefficient (Wildman–Crippen LogP) is 1.74. The number of rotatable bonds is 3. The maximum atomic E-state index is 11.6. The number of carbonyl (C=O) groups excluding carboxylic acids is 1. The van der Waals surface area contributed by atoms with Gasteiger partial charge >= 0.3 is 0 Å². The van der Waals surface area contributed by atoms with E-state index in [1.165, 1.54) is 0 Å². The molecule has 0 saturated carbocycles. The van der Waals surface area contributed by atoms with Crippen molar-refractivity contribution in [3.05, 3.63) is 42.0 Å². The average molecular weight is 301 g/mol. The molecule has 0 aliphatic carbocycles. The van der Waals surface area contributed by atoms with Gasteiger partial charge in [-0.15, -0.1) is 0 Å². The second kappa shape index (κ2) is 6.34. The van der Waals surface area contributed by atoms with E-state index in [0.717, 1.165) is 22.1 Å². The van der Waals surface area contributed by atoms with E-state index in [-0.39, 0.29) is 12.0 Å². The molecule has 1 saturated heterocycles. The first-order chi connectivity index (χ1) is 10.7. The molecule has 22 heavy (non-hydrogen) atoms. The molecule has 2 aromatic carbocycles. The van der Waals surface area contributed by atoms with Crippen molar-refractivity contribution in [1.82, 2.24) is 4.90 Å². The molecule has 0 radical (unpaired) electrons. The molecule has 0 spiro atoms. The molecule has 1 heterocycles. The van der Waals surface area contributed by atoms with Gasteiger partial charge in [-0.1, -0.05) is 18.2 Å². The molecule has 0 aromatic heterocycles. The highest BCUT2D eigenvalue weighted by Gasteiger charge is 2.24. The van der Waals surface area contributed by atoms with E-state index < -0.39 is 6.61 Å². The van der Waals surface area contributed by atoms with Gasteiger partial charge in [0.2, 0.25) is 5.91 Å². The molecule has 1 aliphatic heterocycles. The summed E-state index contributed by atoms with van der Waals surface area (Å²) in [6.45, 7) is 1.03. The quantitative estimate of drug-likeness (QED) is 0.938. The number of nitrogens with zero attached hydrogens (tertiary/aromatic N) is 1. The first-order valence-electron chi connectivity index (χ1n) is 7.29. The average Bonchev–Trinajstić information content (AvgIpc) is 2.60. The molecule has 1 amide bonds. The minimum absolute atomic E-state index is 0.157. The molecule has 1 atom stereocenters. The molecule has 0 unspecified atom stereocenters. The van der Waals surface area contributed by atoms with Crippen LogP contribution in [-0.2, 0) is 9.53 Å². The maximum Gasteiger partial charge on any atom is 0.248 e. The van der Waals surface area contributed by atoms with Crippen molar-refractivity contribution in [1.29, 1.82) is 0 Å². The summed E-state index contributed by atoms with van der Waals surface area (Å²) in [7, 11) is 1.65. The lowest BCUT2D eigenvalue weighted by Gasteiger charge is -2.33. The maximum absolute atomic E-state index is 11.6. The molecule has 1 N–H and O–H groups in total. The lowest BCUT2D eigenvalue weighted by atomic mass is 10.0. The lowest BCUT2D eigenvalue weighted by Crippen LogP contribution is -2.43. The SMILES string of the molecule is COc1ccc2cc([C@H]3CN(C(=O)CO)CCO3)ccc2c1. The Morgan fingerprint density at radius 3 is 2.86 bits per heavy atom. The molecule has 0 bridgehead atoms. The van der Waals surface area contributed by atoms with Crippen molar-refractivity contribution in [2.75, 3.05) is 33.4 Å². The summed E-state index contributed by atoms with van der Waals surface area (Å²) in [5, 5.41) is 11.2. The van der Waals surface area contributed by atoms with Crippen LogP contribution in [0.15, 0.2) is 36.4 Å². The van der Waals surface area contributed by atoms with Crippen LogP contribution < -0.4 is 4.74 Å². The number of hydrogen-bond acceptors (Lipinski definition) is 4. The summed E-state index contributed by atoms with van der Waals surface area (Å²) in [6.07, 6.45) is -0.157. The topological polar surface area (TPSA) is 59.0 Å². The fourth-order valence-electron chi connectivity index (χ4n) is 2.75. The van der Waals surface area contributed by atoms with Crippen LogP contribution in [0.25, 0.3) is 10.8 Å². The van der Waals surface area contributed by atoms with Gasteiger partial charge in [0.05, 0.1) is 20.3 Å². The Hall–Kier alpha value is -2.11. The monoisotopic (exact) mass is 301 g/mol. The van der Waals surface area contributed by atoms with E-state index >= 15 is 0 Å². The molecule has 5 nitrogen and oxygen atoms in total. The van der Waals surface area contributed by atoms with Crippen LogP contribution in [0.4, 0.5) is 0 Å². The van der Waals surface area contributed by atoms with Crippen molar-refractivity contribution in [3.63, 3.8) is 0 Å². The summed E-state index contributed by atoms with van der Waals surface area (Å²) in [5.74, 6) is 0.577. The molecule has 2 aromatic rings. The van der Waals surface area contributed by atoms with Gasteiger partial charge < -0.3 is 19.5 Å². The van der Waals surface area contributed by atoms with Crippen LogP contribution in [0.1, 0.15) is 11.7 Å². The Kier molecular flexibility index (Phi) is 4.27. The summed E-state index contributed by atoms with van der Waals surface area (Å²) in [4.78, 5) is 13.3. The van der Waals surface area contributed by atoms with Crippen molar-refractivity contribution in [2.45, 2.75) is 6.10 Å². The van der Waals surface area contributed by atoms with Crippen LogP contribution in [0.5, 0.6) is 5.75 Å². The van der Waals surface area contributed by atoms with E-state index in [1.54, 1.807) is 12.0 Å². The van der Waals surface area contributed by atoms with Crippen LogP contribution >= 0.6 is 0 Å². The minimum Gasteiger partial charge on any atom is -0.497 e. The molecule has 1 aliphatic rings. The second-order valence-electron chi connectivity index (χ2n) is 5.33. The zero-order valence-electron chi connectivity index (χ0n) is 12.5. The molecule has 1 fully saturated rings. The van der Waals surface area contributed by atoms with Gasteiger partial charge in [-0.25, -0.2) is 0 Å². The van der Waals surface area contributed by atoms with Crippen molar-refractivity contribution < 1.29 is 19.4 Å². The molecular weight excluding hydrogens is 282 g/mol. The zero-order valence-corrected chi connectivity index (χ0v) is 12.5. The lowest BCUT2D eigenvalue weighted by molar-refractivity contribution is -0.141. The predicted molar refractivity (Wildman–Crippen MR) is 82.9 cm³/mol. The van der Waals surface area contributed by atoms with Crippen molar-refractivity contribution in [2.24, 2.45) is 0 Å². The summed E-state index contributed by atoms with van der Waals surface area (Å²) in [5.41, 5.74) is 1.04. The van der Waals surface area contributed by atoms with Crippen LogP contribution in [0, 0.1) is 0 Å².